The van der Waals surface area contributed by atoms with Gasteiger partial charge in [-0.1, -0.05) is 47.1 Å². The Labute approximate surface area is 189 Å². The molecule has 1 unspecified atom stereocenters. The van der Waals surface area contributed by atoms with Crippen molar-refractivity contribution in [3.8, 4) is 11.4 Å². The Morgan fingerprint density at radius 1 is 1.10 bits per heavy atom. The lowest BCUT2D eigenvalue weighted by atomic mass is 10.1. The van der Waals surface area contributed by atoms with Crippen LogP contribution >= 0.6 is 22.9 Å². The van der Waals surface area contributed by atoms with Gasteiger partial charge in [0.15, 0.2) is 5.78 Å². The number of piperazine rings is 1. The third-order valence-electron chi connectivity index (χ3n) is 5.46. The monoisotopic (exact) mass is 458 g/mol. The second-order valence-corrected chi connectivity index (χ2v) is 9.16. The van der Waals surface area contributed by atoms with Gasteiger partial charge in [-0.15, -0.1) is 11.3 Å². The largest absolute Gasteiger partial charge is 0.340 e. The first-order chi connectivity index (χ1) is 15.0. The molecule has 1 aromatic carbocycles. The zero-order valence-electron chi connectivity index (χ0n) is 17.2. The minimum atomic E-state index is -0.0388. The first-order valence-electron chi connectivity index (χ1n) is 10.2. The number of amides is 1. The highest BCUT2D eigenvalue weighted by Gasteiger charge is 2.28. The smallest absolute Gasteiger partial charge is 0.244 e. The highest BCUT2D eigenvalue weighted by atomic mass is 35.5. The summed E-state index contributed by atoms with van der Waals surface area (Å²) in [6.45, 7) is 4.68. The summed E-state index contributed by atoms with van der Waals surface area (Å²) < 4.78 is 6.07. The van der Waals surface area contributed by atoms with E-state index in [2.05, 4.69) is 15.0 Å². The molecule has 0 bridgehead atoms. The van der Waals surface area contributed by atoms with Crippen LogP contribution in [0.2, 0.25) is 4.34 Å². The minimum absolute atomic E-state index is 0.00691. The van der Waals surface area contributed by atoms with E-state index in [1.807, 2.05) is 42.2 Å². The minimum Gasteiger partial charge on any atom is -0.340 e. The molecule has 3 heterocycles. The first-order valence-corrected chi connectivity index (χ1v) is 11.4. The molecule has 162 valence electrons. The summed E-state index contributed by atoms with van der Waals surface area (Å²) in [6.07, 6.45) is 0.421. The maximum absolute atomic E-state index is 12.5. The standard InChI is InChI=1S/C22H23ClN4O3S/c1-15(22-24-21(25-30-22)16-5-3-2-4-6-16)26-11-13-27(14-12-26)20(29)10-7-17(28)18-8-9-19(23)31-18/h2-6,8-9,15H,7,10-14H2,1H3. The molecule has 2 aromatic heterocycles. The predicted molar refractivity (Wildman–Crippen MR) is 119 cm³/mol. The van der Waals surface area contributed by atoms with Crippen molar-refractivity contribution in [2.75, 3.05) is 26.2 Å². The van der Waals surface area contributed by atoms with Crippen LogP contribution in [0.25, 0.3) is 11.4 Å². The third kappa shape index (κ3) is 5.20. The number of benzene rings is 1. The molecule has 1 saturated heterocycles. The zero-order chi connectivity index (χ0) is 21.8. The van der Waals surface area contributed by atoms with Gasteiger partial charge in [0.05, 0.1) is 15.3 Å². The van der Waals surface area contributed by atoms with E-state index in [9.17, 15) is 9.59 Å². The Morgan fingerprint density at radius 2 is 1.84 bits per heavy atom. The molecular formula is C22H23ClN4O3S. The molecule has 7 nitrogen and oxygen atoms in total. The van der Waals surface area contributed by atoms with E-state index in [1.165, 1.54) is 11.3 Å². The molecule has 0 radical (unpaired) electrons. The van der Waals surface area contributed by atoms with Gasteiger partial charge in [0.25, 0.3) is 0 Å². The highest BCUT2D eigenvalue weighted by Crippen LogP contribution is 2.25. The second kappa shape index (κ2) is 9.72. The number of hydrogen-bond acceptors (Lipinski definition) is 7. The van der Waals surface area contributed by atoms with E-state index in [4.69, 9.17) is 16.1 Å². The van der Waals surface area contributed by atoms with Crippen LogP contribution in [0.15, 0.2) is 47.0 Å². The zero-order valence-corrected chi connectivity index (χ0v) is 18.7. The third-order valence-corrected chi connectivity index (χ3v) is 6.73. The lowest BCUT2D eigenvalue weighted by Crippen LogP contribution is -2.49. The van der Waals surface area contributed by atoms with Crippen molar-refractivity contribution in [1.82, 2.24) is 19.9 Å². The summed E-state index contributed by atoms with van der Waals surface area (Å²) in [5.74, 6) is 1.11. The average molecular weight is 459 g/mol. The fourth-order valence-electron chi connectivity index (χ4n) is 3.59. The van der Waals surface area contributed by atoms with Gasteiger partial charge in [0.1, 0.15) is 0 Å². The number of rotatable bonds is 7. The van der Waals surface area contributed by atoms with E-state index in [1.54, 1.807) is 12.1 Å². The van der Waals surface area contributed by atoms with Gasteiger partial charge < -0.3 is 9.42 Å². The molecule has 4 rings (SSSR count). The van der Waals surface area contributed by atoms with Crippen LogP contribution in [0.5, 0.6) is 0 Å². The van der Waals surface area contributed by atoms with Gasteiger partial charge in [-0.2, -0.15) is 4.98 Å². The normalized spacial score (nSPS) is 15.7. The highest BCUT2D eigenvalue weighted by molar-refractivity contribution is 7.18. The molecule has 31 heavy (non-hydrogen) atoms. The van der Waals surface area contributed by atoms with E-state index < -0.39 is 0 Å². The number of Topliss-reactive ketones (excluding diaryl/α,β-unsaturated/α-hetero) is 1. The number of hydrogen-bond donors (Lipinski definition) is 0. The van der Waals surface area contributed by atoms with E-state index in [0.29, 0.717) is 47.1 Å². The van der Waals surface area contributed by atoms with Crippen molar-refractivity contribution in [1.29, 1.82) is 0 Å². The Morgan fingerprint density at radius 3 is 2.52 bits per heavy atom. The summed E-state index contributed by atoms with van der Waals surface area (Å²) in [4.78, 5) is 33.9. The lowest BCUT2D eigenvalue weighted by Gasteiger charge is -2.36. The number of carbonyl (C=O) groups excluding carboxylic acids is 2. The summed E-state index contributed by atoms with van der Waals surface area (Å²) >= 11 is 7.13. The molecule has 0 N–H and O–H groups in total. The number of ketones is 1. The van der Waals surface area contributed by atoms with Crippen LogP contribution in [0.3, 0.4) is 0 Å². The van der Waals surface area contributed by atoms with E-state index in [0.717, 1.165) is 5.56 Å². The average Bonchev–Trinajstić information content (AvgIpc) is 3.47. The molecular weight excluding hydrogens is 436 g/mol. The summed E-state index contributed by atoms with van der Waals surface area (Å²) in [5.41, 5.74) is 0.916. The van der Waals surface area contributed by atoms with E-state index in [-0.39, 0.29) is 30.6 Å². The van der Waals surface area contributed by atoms with Crippen LogP contribution in [0, 0.1) is 0 Å². The molecule has 3 aromatic rings. The summed E-state index contributed by atoms with van der Waals surface area (Å²) in [7, 11) is 0. The van der Waals surface area contributed by atoms with Crippen LogP contribution < -0.4 is 0 Å². The number of nitrogens with zero attached hydrogens (tertiary/aromatic N) is 4. The molecule has 1 amide bonds. The maximum Gasteiger partial charge on any atom is 0.244 e. The van der Waals surface area contributed by atoms with Crippen molar-refractivity contribution in [3.05, 3.63) is 57.6 Å². The Balaban J connectivity index is 1.27. The van der Waals surface area contributed by atoms with Gasteiger partial charge in [-0.25, -0.2) is 0 Å². The van der Waals surface area contributed by atoms with Gasteiger partial charge in [-0.3, -0.25) is 14.5 Å². The Hall–Kier alpha value is -2.55. The molecule has 0 aliphatic carbocycles. The lowest BCUT2D eigenvalue weighted by molar-refractivity contribution is -0.133. The number of carbonyl (C=O) groups is 2. The topological polar surface area (TPSA) is 79.5 Å². The summed E-state index contributed by atoms with van der Waals surface area (Å²) in [6, 6.07) is 13.1. The van der Waals surface area contributed by atoms with Gasteiger partial charge in [0.2, 0.25) is 17.6 Å². The van der Waals surface area contributed by atoms with Crippen LogP contribution in [-0.4, -0.2) is 57.8 Å². The summed E-state index contributed by atoms with van der Waals surface area (Å²) in [5, 5.41) is 4.10. The Bertz CT molecular complexity index is 1040. The number of thiophene rings is 1. The van der Waals surface area contributed by atoms with E-state index >= 15 is 0 Å². The molecule has 0 saturated carbocycles. The molecule has 1 atom stereocenters. The number of halogens is 1. The molecule has 1 fully saturated rings. The Kier molecular flexibility index (Phi) is 6.80. The fraction of sp³-hybridized carbons (Fsp3) is 0.364. The van der Waals surface area contributed by atoms with Crippen molar-refractivity contribution in [2.45, 2.75) is 25.8 Å². The fourth-order valence-corrected chi connectivity index (χ4v) is 4.60. The molecule has 0 spiro atoms. The maximum atomic E-state index is 12.5. The van der Waals surface area contributed by atoms with Crippen molar-refractivity contribution in [2.24, 2.45) is 0 Å². The van der Waals surface area contributed by atoms with Crippen molar-refractivity contribution < 1.29 is 14.1 Å². The molecule has 9 heteroatoms. The van der Waals surface area contributed by atoms with Crippen LogP contribution in [0.1, 0.15) is 41.4 Å². The van der Waals surface area contributed by atoms with Gasteiger partial charge in [-0.05, 0) is 19.1 Å². The molecule has 1 aliphatic heterocycles. The quantitative estimate of drug-likeness (QED) is 0.490. The SMILES string of the molecule is CC(c1nc(-c2ccccc2)no1)N1CCN(C(=O)CCC(=O)c2ccc(Cl)s2)CC1. The van der Waals surface area contributed by atoms with Gasteiger partial charge >= 0.3 is 0 Å². The van der Waals surface area contributed by atoms with Gasteiger partial charge in [0, 0.05) is 44.6 Å². The molecule has 1 aliphatic rings. The van der Waals surface area contributed by atoms with Crippen LogP contribution in [0.4, 0.5) is 0 Å². The second-order valence-electron chi connectivity index (χ2n) is 7.44. The van der Waals surface area contributed by atoms with Crippen molar-refractivity contribution >= 4 is 34.6 Å². The first kappa shape index (κ1) is 21.7. The van der Waals surface area contributed by atoms with Crippen LogP contribution in [-0.2, 0) is 4.79 Å². The number of aromatic nitrogens is 2. The predicted octanol–water partition coefficient (Wildman–Crippen LogP) is 4.32. The van der Waals surface area contributed by atoms with Crippen molar-refractivity contribution in [3.63, 3.8) is 0 Å².